The van der Waals surface area contributed by atoms with E-state index in [4.69, 9.17) is 21.8 Å². The first kappa shape index (κ1) is 24.5. The van der Waals surface area contributed by atoms with Crippen molar-refractivity contribution in [3.63, 3.8) is 0 Å². The minimum atomic E-state index is -0.123. The van der Waals surface area contributed by atoms with Crippen molar-refractivity contribution in [1.82, 2.24) is 9.97 Å². The zero-order valence-electron chi connectivity index (χ0n) is 18.0. The Morgan fingerprint density at radius 2 is 1.20 bits per heavy atom. The predicted octanol–water partition coefficient (Wildman–Crippen LogP) is 6.93. The Bertz CT molecular complexity index is 1740. The average Bonchev–Trinajstić information content (AvgIpc) is 2.91. The number of fused-ring (bicyclic) bond motifs is 9. The van der Waals surface area contributed by atoms with Gasteiger partial charge in [-0.15, -0.1) is 4.91 Å². The second kappa shape index (κ2) is 10.3. The van der Waals surface area contributed by atoms with Gasteiger partial charge in [-0.1, -0.05) is 72.8 Å². The van der Waals surface area contributed by atoms with Crippen LogP contribution in [-0.2, 0) is 46.3 Å². The number of hydrogen-bond acceptors (Lipinski definition) is 5. The van der Waals surface area contributed by atoms with E-state index < -0.39 is 0 Å². The molecule has 0 atom stereocenters. The Morgan fingerprint density at radius 1 is 0.714 bits per heavy atom. The Balaban J connectivity index is 0.000000281. The van der Waals surface area contributed by atoms with Crippen molar-refractivity contribution in [2.24, 2.45) is 0 Å². The normalized spacial score (nSPS) is 11.3. The van der Waals surface area contributed by atoms with Crippen LogP contribution in [0.15, 0.2) is 95.1 Å². The van der Waals surface area contributed by atoms with Gasteiger partial charge < -0.3 is 25.3 Å². The Morgan fingerprint density at radius 3 is 1.63 bits per heavy atom. The third kappa shape index (κ3) is 4.41. The molecule has 35 heavy (non-hydrogen) atoms. The molecule has 0 aliphatic heterocycles. The Labute approximate surface area is 227 Å². The maximum atomic E-state index is 8.01. The van der Waals surface area contributed by atoms with E-state index in [9.17, 15) is 0 Å². The van der Waals surface area contributed by atoms with Crippen LogP contribution in [0.25, 0.3) is 59.0 Å². The first-order valence-electron chi connectivity index (χ1n) is 10.3. The third-order valence-electron chi connectivity index (χ3n) is 5.70. The molecule has 0 radical (unpaired) electrons. The van der Waals surface area contributed by atoms with Crippen LogP contribution in [-0.4, -0.2) is 9.97 Å². The molecule has 0 aliphatic carbocycles. The molecule has 0 unspecified atom stereocenters. The summed E-state index contributed by atoms with van der Waals surface area (Å²) in [5.74, 6) is 0. The van der Waals surface area contributed by atoms with Gasteiger partial charge >= 0.3 is 21.1 Å². The van der Waals surface area contributed by atoms with E-state index in [1.54, 1.807) is 6.07 Å². The van der Waals surface area contributed by atoms with E-state index in [1.807, 2.05) is 12.4 Å². The first-order chi connectivity index (χ1) is 16.6. The molecule has 0 bridgehead atoms. The standard InChI is InChI=1S/C24H14N2.C4H2N2S2.Pt/c1-3-7-18-16(5-1)13-25-23-20(18)11-9-15-10-12-21-19-8-4-2-6-17(19)14-26-24(21)22(15)23;1-6-4(8)3(7)2-5;/h1-14H;7-8H;/q;;+2/p-2/b;4-3-;. The predicted molar refractivity (Wildman–Crippen MR) is 144 cm³/mol. The Kier molecular flexibility index (Phi) is 7.20. The SMILES string of the molecule is [C-]#[N+]/C([S-])=C(/[S-])C#N.[Pt+2].c1ccc2c(c1)cnc1c2ccc2ccc3c4ccccc4cnc3c21. The van der Waals surface area contributed by atoms with Crippen LogP contribution < -0.4 is 0 Å². The van der Waals surface area contributed by atoms with Gasteiger partial charge in [0.1, 0.15) is 0 Å². The molecule has 0 N–H and O–H groups in total. The number of rotatable bonds is 0. The molecule has 168 valence electrons. The minimum absolute atomic E-state index is 0. The van der Waals surface area contributed by atoms with Gasteiger partial charge in [0.2, 0.25) is 0 Å². The van der Waals surface area contributed by atoms with E-state index in [1.165, 1.54) is 26.9 Å². The number of pyridine rings is 2. The van der Waals surface area contributed by atoms with Crippen molar-refractivity contribution in [2.75, 3.05) is 0 Å². The second-order valence-electron chi connectivity index (χ2n) is 7.57. The monoisotopic (exact) mass is 665 g/mol. The molecular weight excluding hydrogens is 652 g/mol. The van der Waals surface area contributed by atoms with E-state index in [0.29, 0.717) is 0 Å². The summed E-state index contributed by atoms with van der Waals surface area (Å²) >= 11 is 8.72. The number of allylic oxidation sites excluding steroid dienone is 1. The molecule has 4 aromatic carbocycles. The molecule has 7 heteroatoms. The van der Waals surface area contributed by atoms with Gasteiger partial charge in [-0.3, -0.25) is 14.8 Å². The second-order valence-corrected chi connectivity index (χ2v) is 8.37. The summed E-state index contributed by atoms with van der Waals surface area (Å²) in [7, 11) is 0. The number of hydrogen-bond donors (Lipinski definition) is 0. The molecule has 6 rings (SSSR count). The van der Waals surface area contributed by atoms with Crippen LogP contribution in [0.3, 0.4) is 0 Å². The molecule has 0 saturated carbocycles. The summed E-state index contributed by atoms with van der Waals surface area (Å²) in [6.07, 6.45) is 3.94. The molecule has 0 saturated heterocycles. The van der Waals surface area contributed by atoms with Crippen molar-refractivity contribution < 1.29 is 21.1 Å². The van der Waals surface area contributed by atoms with Gasteiger partial charge in [0.15, 0.2) is 0 Å². The van der Waals surface area contributed by atoms with Gasteiger partial charge in [-0.2, -0.15) is 5.26 Å². The minimum Gasteiger partial charge on any atom is -0.812 e. The summed E-state index contributed by atoms with van der Waals surface area (Å²) in [5.41, 5.74) is 2.05. The van der Waals surface area contributed by atoms with Gasteiger partial charge in [0.25, 0.3) is 0 Å². The molecule has 0 fully saturated rings. The zero-order chi connectivity index (χ0) is 23.7. The zero-order valence-corrected chi connectivity index (χ0v) is 21.9. The maximum absolute atomic E-state index is 8.01. The van der Waals surface area contributed by atoms with Crippen LogP contribution in [0.2, 0.25) is 0 Å². The van der Waals surface area contributed by atoms with Crippen LogP contribution in [0, 0.1) is 17.9 Å². The molecule has 0 amide bonds. The smallest absolute Gasteiger partial charge is 0.812 e. The fourth-order valence-corrected chi connectivity index (χ4v) is 4.25. The molecule has 2 heterocycles. The molecule has 4 nitrogen and oxygen atoms in total. The number of nitriles is 1. The molecular formula is C28H14N4PtS2. The van der Waals surface area contributed by atoms with Gasteiger partial charge in [-0.05, 0) is 16.2 Å². The molecule has 2 aromatic heterocycles. The van der Waals surface area contributed by atoms with Gasteiger partial charge in [0, 0.05) is 44.4 Å². The summed E-state index contributed by atoms with van der Waals surface area (Å²) in [5, 5.41) is 17.4. The maximum Gasteiger partial charge on any atom is 2.00 e. The van der Waals surface area contributed by atoms with Crippen molar-refractivity contribution in [1.29, 1.82) is 5.26 Å². The van der Waals surface area contributed by atoms with Crippen molar-refractivity contribution >= 4 is 79.4 Å². The first-order valence-corrected chi connectivity index (χ1v) is 11.2. The number of benzene rings is 4. The Hall–Kier alpha value is -3.67. The third-order valence-corrected chi connectivity index (χ3v) is 6.41. The number of aromatic nitrogens is 2. The largest absolute Gasteiger partial charge is 2.00 e. The molecule has 6 aromatic rings. The molecule has 0 spiro atoms. The molecule has 0 aliphatic rings. The summed E-state index contributed by atoms with van der Waals surface area (Å²) in [6.45, 7) is 6.29. The topological polar surface area (TPSA) is 53.9 Å². The van der Waals surface area contributed by atoms with Gasteiger partial charge in [-0.25, -0.2) is 0 Å². The van der Waals surface area contributed by atoms with E-state index in [-0.39, 0.29) is 31.0 Å². The average molecular weight is 666 g/mol. The van der Waals surface area contributed by atoms with Crippen molar-refractivity contribution in [3.05, 3.63) is 107 Å². The van der Waals surface area contributed by atoms with Crippen molar-refractivity contribution in [3.8, 4) is 6.07 Å². The van der Waals surface area contributed by atoms with Crippen LogP contribution >= 0.6 is 0 Å². The summed E-state index contributed by atoms with van der Waals surface area (Å²) in [6, 6.07) is 27.2. The summed E-state index contributed by atoms with van der Waals surface area (Å²) in [4.78, 5) is 12.3. The van der Waals surface area contributed by atoms with E-state index in [2.05, 4.69) is 103 Å². The van der Waals surface area contributed by atoms with Crippen molar-refractivity contribution in [2.45, 2.75) is 0 Å². The fraction of sp³-hybridized carbons (Fsp3) is 0. The van der Waals surface area contributed by atoms with Crippen LogP contribution in [0.4, 0.5) is 0 Å². The summed E-state index contributed by atoms with van der Waals surface area (Å²) < 4.78 is 0. The number of nitrogens with zero attached hydrogens (tertiary/aromatic N) is 4. The fourth-order valence-electron chi connectivity index (χ4n) is 4.16. The van der Waals surface area contributed by atoms with Gasteiger partial charge in [0.05, 0.1) is 23.7 Å². The van der Waals surface area contributed by atoms with Crippen LogP contribution in [0.5, 0.6) is 0 Å². The van der Waals surface area contributed by atoms with E-state index in [0.717, 1.165) is 27.2 Å². The van der Waals surface area contributed by atoms with Crippen LogP contribution in [0.1, 0.15) is 0 Å². The quantitative estimate of drug-likeness (QED) is 0.0763. The van der Waals surface area contributed by atoms with E-state index >= 15 is 0 Å².